The predicted molar refractivity (Wildman–Crippen MR) is 90.5 cm³/mol. The summed E-state index contributed by atoms with van der Waals surface area (Å²) >= 11 is 7.79. The summed E-state index contributed by atoms with van der Waals surface area (Å²) in [5.41, 5.74) is 0.740. The third kappa shape index (κ3) is 4.29. The van der Waals surface area contributed by atoms with Crippen LogP contribution in [0.3, 0.4) is 0 Å². The van der Waals surface area contributed by atoms with E-state index in [9.17, 15) is 9.90 Å². The van der Waals surface area contributed by atoms with Crippen molar-refractivity contribution in [2.75, 3.05) is 18.6 Å². The molecular weight excluding hydrogens is 322 g/mol. The first-order chi connectivity index (χ1) is 10.7. The van der Waals surface area contributed by atoms with Crippen LogP contribution in [0, 0.1) is 0 Å². The molecule has 0 saturated carbocycles. The molecule has 118 valence electrons. The molecule has 1 amide bonds. The number of rotatable bonds is 7. The average molecular weight is 340 g/mol. The minimum atomic E-state index is -0.335. The standard InChI is InChI=1S/C16H18ClNO3S/c1-22-9-8-11(10-19)18-16(20)15-7-6-14(21-15)12-4-2-3-5-13(12)17/h2-7,11,19H,8-10H2,1H3,(H,18,20). The summed E-state index contributed by atoms with van der Waals surface area (Å²) in [5, 5.41) is 12.6. The SMILES string of the molecule is CSCCC(CO)NC(=O)c1ccc(-c2ccccc2Cl)o1. The number of hydrogen-bond donors (Lipinski definition) is 2. The molecule has 0 aliphatic carbocycles. The van der Waals surface area contributed by atoms with Crippen LogP contribution in [-0.2, 0) is 0 Å². The number of amides is 1. The molecule has 1 aromatic heterocycles. The molecule has 0 spiro atoms. The van der Waals surface area contributed by atoms with E-state index in [0.29, 0.717) is 17.2 Å². The molecule has 0 aliphatic rings. The normalized spacial score (nSPS) is 12.1. The van der Waals surface area contributed by atoms with Crippen LogP contribution < -0.4 is 5.32 Å². The van der Waals surface area contributed by atoms with Crippen LogP contribution in [0.2, 0.25) is 5.02 Å². The lowest BCUT2D eigenvalue weighted by Crippen LogP contribution is -2.37. The smallest absolute Gasteiger partial charge is 0.287 e. The molecule has 1 unspecified atom stereocenters. The van der Waals surface area contributed by atoms with E-state index < -0.39 is 0 Å². The molecule has 0 fully saturated rings. The second kappa shape index (κ2) is 8.27. The highest BCUT2D eigenvalue weighted by Crippen LogP contribution is 2.29. The van der Waals surface area contributed by atoms with Crippen LogP contribution in [0.5, 0.6) is 0 Å². The molecule has 2 N–H and O–H groups in total. The zero-order valence-electron chi connectivity index (χ0n) is 12.2. The Kier molecular flexibility index (Phi) is 6.36. The number of nitrogens with one attached hydrogen (secondary N) is 1. The van der Waals surface area contributed by atoms with Crippen LogP contribution in [0.15, 0.2) is 40.8 Å². The van der Waals surface area contributed by atoms with Gasteiger partial charge >= 0.3 is 0 Å². The maximum absolute atomic E-state index is 12.2. The highest BCUT2D eigenvalue weighted by Gasteiger charge is 2.17. The van der Waals surface area contributed by atoms with Crippen LogP contribution in [0.4, 0.5) is 0 Å². The first kappa shape index (κ1) is 16.9. The van der Waals surface area contributed by atoms with E-state index in [1.54, 1.807) is 30.0 Å². The zero-order chi connectivity index (χ0) is 15.9. The van der Waals surface area contributed by atoms with E-state index in [2.05, 4.69) is 5.32 Å². The highest BCUT2D eigenvalue weighted by molar-refractivity contribution is 7.98. The predicted octanol–water partition coefficient (Wildman–Crippen LogP) is 3.44. The second-order valence-corrected chi connectivity index (χ2v) is 6.17. The third-order valence-corrected chi connectivity index (χ3v) is 4.17. The van der Waals surface area contributed by atoms with Gasteiger partial charge in [0.2, 0.25) is 0 Å². The summed E-state index contributed by atoms with van der Waals surface area (Å²) < 4.78 is 5.58. The summed E-state index contributed by atoms with van der Waals surface area (Å²) in [6.07, 6.45) is 2.69. The fourth-order valence-corrected chi connectivity index (χ4v) is 2.74. The fourth-order valence-electron chi connectivity index (χ4n) is 1.99. The number of aliphatic hydroxyl groups is 1. The van der Waals surface area contributed by atoms with Gasteiger partial charge in [0, 0.05) is 5.56 Å². The van der Waals surface area contributed by atoms with Crippen LogP contribution in [0.1, 0.15) is 17.0 Å². The van der Waals surface area contributed by atoms with Crippen molar-refractivity contribution in [1.29, 1.82) is 0 Å². The van der Waals surface area contributed by atoms with Gasteiger partial charge in [-0.05, 0) is 42.7 Å². The minimum Gasteiger partial charge on any atom is -0.451 e. The Morgan fingerprint density at radius 3 is 2.82 bits per heavy atom. The van der Waals surface area contributed by atoms with E-state index in [1.165, 1.54) is 0 Å². The Bertz CT molecular complexity index is 629. The molecule has 4 nitrogen and oxygen atoms in total. The summed E-state index contributed by atoms with van der Waals surface area (Å²) in [7, 11) is 0. The highest BCUT2D eigenvalue weighted by atomic mass is 35.5. The topological polar surface area (TPSA) is 62.5 Å². The van der Waals surface area contributed by atoms with Crippen LogP contribution in [0.25, 0.3) is 11.3 Å². The largest absolute Gasteiger partial charge is 0.451 e. The van der Waals surface area contributed by atoms with Crippen LogP contribution in [-0.4, -0.2) is 35.7 Å². The number of thioether (sulfide) groups is 1. The number of aliphatic hydroxyl groups excluding tert-OH is 1. The fraction of sp³-hybridized carbons (Fsp3) is 0.312. The number of hydrogen-bond acceptors (Lipinski definition) is 4. The lowest BCUT2D eigenvalue weighted by Gasteiger charge is -2.14. The number of benzene rings is 1. The molecule has 2 rings (SSSR count). The third-order valence-electron chi connectivity index (χ3n) is 3.20. The molecule has 0 saturated heterocycles. The monoisotopic (exact) mass is 339 g/mol. The first-order valence-electron chi connectivity index (χ1n) is 6.91. The van der Waals surface area contributed by atoms with E-state index in [0.717, 1.165) is 11.3 Å². The van der Waals surface area contributed by atoms with Gasteiger partial charge in [0.1, 0.15) is 5.76 Å². The first-order valence-corrected chi connectivity index (χ1v) is 8.68. The van der Waals surface area contributed by atoms with Gasteiger partial charge in [0.05, 0.1) is 17.7 Å². The molecule has 1 atom stereocenters. The Balaban J connectivity index is 2.07. The van der Waals surface area contributed by atoms with Gasteiger partial charge in [-0.15, -0.1) is 0 Å². The van der Waals surface area contributed by atoms with E-state index in [4.69, 9.17) is 16.0 Å². The molecule has 1 aromatic carbocycles. The van der Waals surface area contributed by atoms with E-state index in [1.807, 2.05) is 24.5 Å². The number of carbonyl (C=O) groups excluding carboxylic acids is 1. The van der Waals surface area contributed by atoms with Gasteiger partial charge in [-0.2, -0.15) is 11.8 Å². The maximum Gasteiger partial charge on any atom is 0.287 e. The summed E-state index contributed by atoms with van der Waals surface area (Å²) in [4.78, 5) is 12.2. The lowest BCUT2D eigenvalue weighted by molar-refractivity contribution is 0.0888. The Hall–Kier alpha value is -1.43. The molecule has 2 aromatic rings. The molecule has 0 aliphatic heterocycles. The van der Waals surface area contributed by atoms with Gasteiger partial charge in [-0.3, -0.25) is 4.79 Å². The van der Waals surface area contributed by atoms with Gasteiger partial charge in [0.15, 0.2) is 5.76 Å². The zero-order valence-corrected chi connectivity index (χ0v) is 13.8. The molecule has 0 radical (unpaired) electrons. The second-order valence-electron chi connectivity index (χ2n) is 4.78. The van der Waals surface area contributed by atoms with E-state index >= 15 is 0 Å². The number of carbonyl (C=O) groups is 1. The van der Waals surface area contributed by atoms with Crippen molar-refractivity contribution in [2.24, 2.45) is 0 Å². The molecule has 0 bridgehead atoms. The molecular formula is C16H18ClNO3S. The quantitative estimate of drug-likeness (QED) is 0.811. The Labute approximate surface area is 138 Å². The van der Waals surface area contributed by atoms with Crippen molar-refractivity contribution in [1.82, 2.24) is 5.32 Å². The van der Waals surface area contributed by atoms with Crippen LogP contribution >= 0.6 is 23.4 Å². The summed E-state index contributed by atoms with van der Waals surface area (Å²) in [5.74, 6) is 1.28. The van der Waals surface area contributed by atoms with Crippen molar-refractivity contribution in [3.63, 3.8) is 0 Å². The van der Waals surface area contributed by atoms with Gasteiger partial charge < -0.3 is 14.8 Å². The Morgan fingerprint density at radius 1 is 1.36 bits per heavy atom. The van der Waals surface area contributed by atoms with Crippen molar-refractivity contribution in [3.8, 4) is 11.3 Å². The van der Waals surface area contributed by atoms with Crippen molar-refractivity contribution < 1.29 is 14.3 Å². The summed E-state index contributed by atoms with van der Waals surface area (Å²) in [6.45, 7) is -0.0929. The van der Waals surface area contributed by atoms with Gasteiger partial charge in [-0.1, -0.05) is 23.7 Å². The molecule has 1 heterocycles. The van der Waals surface area contributed by atoms with Crippen molar-refractivity contribution in [3.05, 3.63) is 47.2 Å². The van der Waals surface area contributed by atoms with Crippen molar-refractivity contribution in [2.45, 2.75) is 12.5 Å². The molecule has 6 heteroatoms. The van der Waals surface area contributed by atoms with Crippen molar-refractivity contribution >= 4 is 29.3 Å². The minimum absolute atomic E-state index is 0.0929. The summed E-state index contributed by atoms with van der Waals surface area (Å²) in [6, 6.07) is 10.3. The average Bonchev–Trinajstić information content (AvgIpc) is 3.01. The van der Waals surface area contributed by atoms with Gasteiger partial charge in [-0.25, -0.2) is 0 Å². The number of halogens is 1. The number of furan rings is 1. The molecule has 22 heavy (non-hydrogen) atoms. The van der Waals surface area contributed by atoms with E-state index in [-0.39, 0.29) is 24.3 Å². The maximum atomic E-state index is 12.2. The van der Waals surface area contributed by atoms with Gasteiger partial charge in [0.25, 0.3) is 5.91 Å². The Morgan fingerprint density at radius 2 is 2.14 bits per heavy atom. The lowest BCUT2D eigenvalue weighted by atomic mass is 10.2.